The van der Waals surface area contributed by atoms with Crippen molar-refractivity contribution in [1.82, 2.24) is 10.2 Å². The van der Waals surface area contributed by atoms with E-state index in [4.69, 9.17) is 4.74 Å². The summed E-state index contributed by atoms with van der Waals surface area (Å²) in [6, 6.07) is 0.565. The van der Waals surface area contributed by atoms with Crippen molar-refractivity contribution < 1.29 is 4.74 Å². The van der Waals surface area contributed by atoms with Crippen LogP contribution in [-0.2, 0) is 4.74 Å². The van der Waals surface area contributed by atoms with Crippen LogP contribution in [0.1, 0.15) is 47.0 Å². The van der Waals surface area contributed by atoms with Crippen molar-refractivity contribution in [3.8, 4) is 0 Å². The van der Waals surface area contributed by atoms with Crippen LogP contribution in [0.4, 0.5) is 0 Å². The fourth-order valence-electron chi connectivity index (χ4n) is 3.53. The maximum Gasteiger partial charge on any atom is 0.0594 e. The molecule has 3 nitrogen and oxygen atoms in total. The van der Waals surface area contributed by atoms with Gasteiger partial charge in [0.2, 0.25) is 0 Å². The highest BCUT2D eigenvalue weighted by Crippen LogP contribution is 2.31. The number of likely N-dealkylation sites (N-methyl/N-ethyl adjacent to an activating group) is 1. The molecule has 0 saturated carbocycles. The predicted molar refractivity (Wildman–Crippen MR) is 78.0 cm³/mol. The van der Waals surface area contributed by atoms with Crippen LogP contribution in [0.5, 0.6) is 0 Å². The first-order valence-corrected chi connectivity index (χ1v) is 7.64. The summed E-state index contributed by atoms with van der Waals surface area (Å²) in [5.41, 5.74) is 0.245. The molecule has 2 unspecified atom stereocenters. The van der Waals surface area contributed by atoms with E-state index in [1.54, 1.807) is 0 Å². The quantitative estimate of drug-likeness (QED) is 0.757. The molecule has 0 aromatic rings. The minimum Gasteiger partial charge on any atom is -0.379 e. The Morgan fingerprint density at radius 2 is 1.72 bits per heavy atom. The largest absolute Gasteiger partial charge is 0.379 e. The van der Waals surface area contributed by atoms with Crippen molar-refractivity contribution in [2.45, 2.75) is 58.5 Å². The van der Waals surface area contributed by atoms with Crippen LogP contribution in [-0.4, -0.2) is 49.8 Å². The first-order chi connectivity index (χ1) is 8.63. The Hall–Kier alpha value is -0.120. The van der Waals surface area contributed by atoms with Crippen molar-refractivity contribution in [2.24, 2.45) is 5.92 Å². The predicted octanol–water partition coefficient (Wildman–Crippen LogP) is 2.51. The number of rotatable bonds is 7. The highest BCUT2D eigenvalue weighted by atomic mass is 16.5. The summed E-state index contributed by atoms with van der Waals surface area (Å²) in [5.74, 6) is 0.753. The van der Waals surface area contributed by atoms with E-state index in [1.165, 1.54) is 19.3 Å². The molecule has 0 aliphatic carbocycles. The molecule has 1 saturated heterocycles. The Balaban J connectivity index is 2.87. The third-order valence-corrected chi connectivity index (χ3v) is 4.95. The first-order valence-electron chi connectivity index (χ1n) is 7.64. The number of hydrogen-bond donors (Lipinski definition) is 1. The molecular weight excluding hydrogens is 224 g/mol. The second-order valence-electron chi connectivity index (χ2n) is 5.65. The summed E-state index contributed by atoms with van der Waals surface area (Å²) < 4.78 is 5.50. The van der Waals surface area contributed by atoms with Gasteiger partial charge in [-0.2, -0.15) is 0 Å². The lowest BCUT2D eigenvalue weighted by atomic mass is 9.77. The van der Waals surface area contributed by atoms with Gasteiger partial charge in [-0.1, -0.05) is 33.6 Å². The van der Waals surface area contributed by atoms with Gasteiger partial charge < -0.3 is 10.1 Å². The number of ether oxygens (including phenoxy) is 1. The van der Waals surface area contributed by atoms with E-state index in [9.17, 15) is 0 Å². The second kappa shape index (κ2) is 7.46. The van der Waals surface area contributed by atoms with Gasteiger partial charge in [-0.25, -0.2) is 0 Å². The lowest BCUT2D eigenvalue weighted by molar-refractivity contribution is -0.0405. The molecule has 1 N–H and O–H groups in total. The van der Waals surface area contributed by atoms with Crippen molar-refractivity contribution >= 4 is 0 Å². The molecule has 3 heteroatoms. The number of hydrogen-bond acceptors (Lipinski definition) is 3. The Morgan fingerprint density at radius 3 is 2.11 bits per heavy atom. The molecule has 2 atom stereocenters. The summed E-state index contributed by atoms with van der Waals surface area (Å²) in [6.07, 6.45) is 3.69. The lowest BCUT2D eigenvalue weighted by Crippen LogP contribution is -2.63. The number of nitrogens with zero attached hydrogens (tertiary/aromatic N) is 1. The van der Waals surface area contributed by atoms with E-state index in [-0.39, 0.29) is 5.54 Å². The van der Waals surface area contributed by atoms with Crippen LogP contribution in [0.25, 0.3) is 0 Å². The van der Waals surface area contributed by atoms with Crippen LogP contribution in [0.15, 0.2) is 0 Å². The summed E-state index contributed by atoms with van der Waals surface area (Å²) in [6.45, 7) is 13.3. The molecule has 0 radical (unpaired) electrons. The van der Waals surface area contributed by atoms with Crippen LogP contribution >= 0.6 is 0 Å². The fraction of sp³-hybridized carbons (Fsp3) is 1.00. The van der Waals surface area contributed by atoms with Gasteiger partial charge in [-0.3, -0.25) is 4.90 Å². The zero-order valence-electron chi connectivity index (χ0n) is 13.0. The fourth-order valence-corrected chi connectivity index (χ4v) is 3.53. The lowest BCUT2D eigenvalue weighted by Gasteiger charge is -2.50. The molecule has 1 fully saturated rings. The highest BCUT2D eigenvalue weighted by Gasteiger charge is 2.40. The van der Waals surface area contributed by atoms with Crippen molar-refractivity contribution in [1.29, 1.82) is 0 Å². The topological polar surface area (TPSA) is 24.5 Å². The zero-order chi connectivity index (χ0) is 13.6. The maximum absolute atomic E-state index is 5.50. The summed E-state index contributed by atoms with van der Waals surface area (Å²) in [4.78, 5) is 2.63. The van der Waals surface area contributed by atoms with Crippen molar-refractivity contribution in [2.75, 3.05) is 33.4 Å². The third kappa shape index (κ3) is 3.25. The monoisotopic (exact) mass is 256 g/mol. The third-order valence-electron chi connectivity index (χ3n) is 4.95. The second-order valence-corrected chi connectivity index (χ2v) is 5.65. The highest BCUT2D eigenvalue weighted by molar-refractivity contribution is 4.99. The maximum atomic E-state index is 5.50. The molecule has 1 aliphatic rings. The summed E-state index contributed by atoms with van der Waals surface area (Å²) in [7, 11) is 2.12. The van der Waals surface area contributed by atoms with E-state index in [2.05, 4.69) is 45.0 Å². The van der Waals surface area contributed by atoms with Gasteiger partial charge in [0.25, 0.3) is 0 Å². The summed E-state index contributed by atoms with van der Waals surface area (Å²) >= 11 is 0. The van der Waals surface area contributed by atoms with Gasteiger partial charge in [-0.05, 0) is 26.3 Å². The zero-order valence-corrected chi connectivity index (χ0v) is 13.0. The molecule has 0 amide bonds. The van der Waals surface area contributed by atoms with E-state index in [0.29, 0.717) is 6.04 Å². The number of morpholine rings is 1. The molecule has 1 rings (SSSR count). The van der Waals surface area contributed by atoms with Gasteiger partial charge in [0.15, 0.2) is 0 Å². The Bertz CT molecular complexity index is 225. The van der Waals surface area contributed by atoms with E-state index in [1.807, 2.05) is 0 Å². The minimum absolute atomic E-state index is 0.245. The molecule has 0 bridgehead atoms. The average molecular weight is 256 g/mol. The standard InChI is InChI=1S/C15H32N2O/c1-6-13(7-2)14(16-5)15(4,8-3)17-9-11-18-12-10-17/h13-14,16H,6-12H2,1-5H3. The Morgan fingerprint density at radius 1 is 1.17 bits per heavy atom. The van der Waals surface area contributed by atoms with E-state index < -0.39 is 0 Å². The molecule has 0 aromatic carbocycles. The van der Waals surface area contributed by atoms with Crippen molar-refractivity contribution in [3.05, 3.63) is 0 Å². The molecule has 108 valence electrons. The van der Waals surface area contributed by atoms with Gasteiger partial charge in [0.1, 0.15) is 0 Å². The molecule has 1 heterocycles. The van der Waals surface area contributed by atoms with Crippen LogP contribution in [0.2, 0.25) is 0 Å². The summed E-state index contributed by atoms with van der Waals surface area (Å²) in [5, 5.41) is 3.61. The molecule has 0 aromatic heterocycles. The van der Waals surface area contributed by atoms with Gasteiger partial charge >= 0.3 is 0 Å². The van der Waals surface area contributed by atoms with Gasteiger partial charge in [0, 0.05) is 24.7 Å². The smallest absolute Gasteiger partial charge is 0.0594 e. The van der Waals surface area contributed by atoms with Crippen LogP contribution < -0.4 is 5.32 Å². The van der Waals surface area contributed by atoms with Crippen molar-refractivity contribution in [3.63, 3.8) is 0 Å². The molecule has 18 heavy (non-hydrogen) atoms. The Kier molecular flexibility index (Phi) is 6.61. The van der Waals surface area contributed by atoms with Gasteiger partial charge in [-0.15, -0.1) is 0 Å². The normalized spacial score (nSPS) is 23.0. The van der Waals surface area contributed by atoms with Gasteiger partial charge in [0.05, 0.1) is 13.2 Å². The van der Waals surface area contributed by atoms with Crippen LogP contribution in [0.3, 0.4) is 0 Å². The Labute approximate surface area is 113 Å². The molecule has 1 aliphatic heterocycles. The van der Waals surface area contributed by atoms with Crippen LogP contribution in [0, 0.1) is 5.92 Å². The first kappa shape index (κ1) is 15.9. The molecule has 0 spiro atoms. The minimum atomic E-state index is 0.245. The van der Waals surface area contributed by atoms with E-state index in [0.717, 1.165) is 32.2 Å². The number of nitrogens with one attached hydrogen (secondary N) is 1. The average Bonchev–Trinajstić information content (AvgIpc) is 2.44. The van der Waals surface area contributed by atoms with E-state index >= 15 is 0 Å². The SMILES string of the molecule is CCC(CC)C(NC)C(C)(CC)N1CCOCC1. The molecular formula is C15H32N2O.